The number of epoxide rings is 1. The third-order valence-corrected chi connectivity index (χ3v) is 3.46. The van der Waals surface area contributed by atoms with E-state index in [0.29, 0.717) is 6.10 Å². The van der Waals surface area contributed by atoms with Gasteiger partial charge in [0.15, 0.2) is 0 Å². The van der Waals surface area contributed by atoms with Gasteiger partial charge in [0.05, 0.1) is 11.8 Å². The highest BCUT2D eigenvalue weighted by atomic mass is 16.6. The maximum atomic E-state index is 5.87. The van der Waals surface area contributed by atoms with Gasteiger partial charge in [0.1, 0.15) is 5.60 Å². The van der Waals surface area contributed by atoms with Crippen molar-refractivity contribution in [2.24, 2.45) is 7.05 Å². The van der Waals surface area contributed by atoms with Crippen molar-refractivity contribution < 1.29 is 4.74 Å². The van der Waals surface area contributed by atoms with E-state index in [-0.39, 0.29) is 5.60 Å². The first-order valence-electron chi connectivity index (χ1n) is 5.12. The molecule has 1 saturated carbocycles. The summed E-state index contributed by atoms with van der Waals surface area (Å²) in [7, 11) is 2.11. The number of fused-ring (bicyclic) bond motifs is 1. The largest absolute Gasteiger partial charge is 0.359 e. The predicted octanol–water partition coefficient (Wildman–Crippen LogP) is 2.19. The highest BCUT2D eigenvalue weighted by molar-refractivity contribution is 5.25. The molecule has 0 radical (unpaired) electrons. The van der Waals surface area contributed by atoms with Crippen molar-refractivity contribution in [2.45, 2.75) is 37.4 Å². The van der Waals surface area contributed by atoms with Crippen LogP contribution < -0.4 is 0 Å². The first-order chi connectivity index (χ1) is 6.33. The second-order valence-electron chi connectivity index (χ2n) is 4.25. The summed E-state index contributed by atoms with van der Waals surface area (Å²) in [5.74, 6) is 0. The van der Waals surface area contributed by atoms with E-state index in [0.717, 1.165) is 0 Å². The van der Waals surface area contributed by atoms with E-state index in [4.69, 9.17) is 4.74 Å². The van der Waals surface area contributed by atoms with Gasteiger partial charge in [-0.3, -0.25) is 0 Å². The van der Waals surface area contributed by atoms with Crippen molar-refractivity contribution in [2.75, 3.05) is 0 Å². The van der Waals surface area contributed by atoms with Crippen LogP contribution in [0.4, 0.5) is 0 Å². The van der Waals surface area contributed by atoms with Gasteiger partial charge in [-0.2, -0.15) is 0 Å². The number of aromatic nitrogens is 1. The quantitative estimate of drug-likeness (QED) is 0.601. The molecule has 2 heteroatoms. The van der Waals surface area contributed by atoms with E-state index < -0.39 is 0 Å². The Morgan fingerprint density at radius 3 is 3.15 bits per heavy atom. The Bertz CT molecular complexity index is 331. The molecule has 3 rings (SSSR count). The third kappa shape index (κ3) is 0.923. The Kier molecular flexibility index (Phi) is 1.40. The molecule has 1 aliphatic carbocycles. The molecule has 70 valence electrons. The van der Waals surface area contributed by atoms with Crippen molar-refractivity contribution in [1.82, 2.24) is 4.57 Å². The molecule has 0 spiro atoms. The molecule has 1 aromatic rings. The fourth-order valence-corrected chi connectivity index (χ4v) is 2.70. The molecule has 1 aromatic heterocycles. The molecule has 2 heterocycles. The number of rotatable bonds is 1. The first kappa shape index (κ1) is 7.63. The van der Waals surface area contributed by atoms with Gasteiger partial charge in [-0.05, 0) is 31.4 Å². The molecule has 0 N–H and O–H groups in total. The number of hydrogen-bond acceptors (Lipinski definition) is 1. The van der Waals surface area contributed by atoms with Crippen LogP contribution in [0.2, 0.25) is 0 Å². The second kappa shape index (κ2) is 2.38. The summed E-state index contributed by atoms with van der Waals surface area (Å²) in [5.41, 5.74) is 1.49. The maximum absolute atomic E-state index is 5.87. The lowest BCUT2D eigenvalue weighted by molar-refractivity contribution is 0.279. The normalized spacial score (nSPS) is 37.2. The van der Waals surface area contributed by atoms with Gasteiger partial charge < -0.3 is 9.30 Å². The van der Waals surface area contributed by atoms with Crippen LogP contribution in [0.3, 0.4) is 0 Å². The Morgan fingerprint density at radius 1 is 1.54 bits per heavy atom. The minimum atomic E-state index is 0.122. The number of ether oxygens (including phenoxy) is 1. The van der Waals surface area contributed by atoms with Gasteiger partial charge in [0.25, 0.3) is 0 Å². The summed E-state index contributed by atoms with van der Waals surface area (Å²) >= 11 is 0. The van der Waals surface area contributed by atoms with Crippen molar-refractivity contribution >= 4 is 0 Å². The molecular formula is C11H15NO. The van der Waals surface area contributed by atoms with Gasteiger partial charge in [-0.15, -0.1) is 0 Å². The molecule has 2 fully saturated rings. The summed E-state index contributed by atoms with van der Waals surface area (Å²) in [4.78, 5) is 0. The molecule has 0 unspecified atom stereocenters. The van der Waals surface area contributed by atoms with E-state index in [2.05, 4.69) is 29.9 Å². The average molecular weight is 177 g/mol. The highest BCUT2D eigenvalue weighted by Crippen LogP contribution is 2.55. The highest BCUT2D eigenvalue weighted by Gasteiger charge is 2.59. The maximum Gasteiger partial charge on any atom is 0.134 e. The van der Waals surface area contributed by atoms with Crippen LogP contribution in [-0.4, -0.2) is 10.7 Å². The summed E-state index contributed by atoms with van der Waals surface area (Å²) in [6.07, 6.45) is 7.77. The molecule has 1 saturated heterocycles. The Labute approximate surface area is 78.5 Å². The zero-order valence-electron chi connectivity index (χ0n) is 7.99. The summed E-state index contributed by atoms with van der Waals surface area (Å²) in [6.45, 7) is 0. The van der Waals surface area contributed by atoms with Crippen LogP contribution in [-0.2, 0) is 17.4 Å². The molecule has 2 nitrogen and oxygen atoms in total. The fourth-order valence-electron chi connectivity index (χ4n) is 2.70. The minimum Gasteiger partial charge on any atom is -0.359 e. The monoisotopic (exact) mass is 177 g/mol. The van der Waals surface area contributed by atoms with Crippen LogP contribution >= 0.6 is 0 Å². The fraction of sp³-hybridized carbons (Fsp3) is 0.636. The summed E-state index contributed by atoms with van der Waals surface area (Å²) in [6, 6.07) is 4.31. The molecule has 1 aliphatic heterocycles. The smallest absolute Gasteiger partial charge is 0.134 e. The molecule has 2 atom stereocenters. The van der Waals surface area contributed by atoms with Gasteiger partial charge in [-0.1, -0.05) is 6.42 Å². The van der Waals surface area contributed by atoms with Crippen LogP contribution in [0.25, 0.3) is 0 Å². The van der Waals surface area contributed by atoms with Crippen LogP contribution in [0.5, 0.6) is 0 Å². The molecule has 0 amide bonds. The molecule has 13 heavy (non-hydrogen) atoms. The van der Waals surface area contributed by atoms with Crippen molar-refractivity contribution in [3.05, 3.63) is 24.0 Å². The molecule has 0 aromatic carbocycles. The summed E-state index contributed by atoms with van der Waals surface area (Å²) < 4.78 is 8.07. The molecule has 0 bridgehead atoms. The van der Waals surface area contributed by atoms with Gasteiger partial charge in [0, 0.05) is 13.2 Å². The lowest BCUT2D eigenvalue weighted by atomic mass is 9.87. The van der Waals surface area contributed by atoms with Crippen molar-refractivity contribution in [3.8, 4) is 0 Å². The van der Waals surface area contributed by atoms with Gasteiger partial charge in [-0.25, -0.2) is 0 Å². The first-order valence-corrected chi connectivity index (χ1v) is 5.12. The molecular weight excluding hydrogens is 162 g/mol. The SMILES string of the molecule is Cn1cccc1[C@]12CCCC[C@@H]1O2. The van der Waals surface area contributed by atoms with Crippen molar-refractivity contribution in [1.29, 1.82) is 0 Å². The van der Waals surface area contributed by atoms with Crippen LogP contribution in [0, 0.1) is 0 Å². The zero-order chi connectivity index (χ0) is 8.89. The minimum absolute atomic E-state index is 0.122. The number of hydrogen-bond donors (Lipinski definition) is 0. The lowest BCUT2D eigenvalue weighted by Crippen LogP contribution is -2.19. The topological polar surface area (TPSA) is 17.5 Å². The zero-order valence-corrected chi connectivity index (χ0v) is 7.99. The predicted molar refractivity (Wildman–Crippen MR) is 50.4 cm³/mol. The number of nitrogens with zero attached hydrogens (tertiary/aromatic N) is 1. The van der Waals surface area contributed by atoms with Gasteiger partial charge >= 0.3 is 0 Å². The Hall–Kier alpha value is -0.760. The average Bonchev–Trinajstić information content (AvgIpc) is 2.74. The standard InChI is InChI=1S/C11H15NO/c1-12-8-4-5-9(12)11-7-3-2-6-10(11)13-11/h4-5,8,10H,2-3,6-7H2,1H3/t10-,11+/m0/s1. The van der Waals surface area contributed by atoms with E-state index in [1.54, 1.807) is 0 Å². The van der Waals surface area contributed by atoms with E-state index in [1.807, 2.05) is 0 Å². The van der Waals surface area contributed by atoms with Gasteiger partial charge in [0.2, 0.25) is 0 Å². The van der Waals surface area contributed by atoms with Crippen LogP contribution in [0.1, 0.15) is 31.4 Å². The number of aryl methyl sites for hydroxylation is 1. The third-order valence-electron chi connectivity index (χ3n) is 3.46. The van der Waals surface area contributed by atoms with Crippen LogP contribution in [0.15, 0.2) is 18.3 Å². The second-order valence-corrected chi connectivity index (χ2v) is 4.25. The Balaban J connectivity index is 1.97. The van der Waals surface area contributed by atoms with Crippen molar-refractivity contribution in [3.63, 3.8) is 0 Å². The lowest BCUT2D eigenvalue weighted by Gasteiger charge is -2.17. The Morgan fingerprint density at radius 2 is 2.46 bits per heavy atom. The molecule has 2 aliphatic rings. The van der Waals surface area contributed by atoms with E-state index in [1.165, 1.54) is 31.4 Å². The van der Waals surface area contributed by atoms with E-state index >= 15 is 0 Å². The summed E-state index contributed by atoms with van der Waals surface area (Å²) in [5, 5.41) is 0. The van der Waals surface area contributed by atoms with E-state index in [9.17, 15) is 0 Å².